The van der Waals surface area contributed by atoms with Gasteiger partial charge in [0.05, 0.1) is 0 Å². The van der Waals surface area contributed by atoms with E-state index in [1.807, 2.05) is 0 Å². The minimum atomic E-state index is -0.0317. The van der Waals surface area contributed by atoms with Gasteiger partial charge in [-0.15, -0.1) is 0 Å². The molecular formula is C15H22N2O. The van der Waals surface area contributed by atoms with Crippen LogP contribution in [0.4, 0.5) is 0 Å². The number of rotatable bonds is 2. The van der Waals surface area contributed by atoms with Gasteiger partial charge in [0.1, 0.15) is 11.4 Å². The maximum atomic E-state index is 5.92. The molecule has 3 heteroatoms. The number of nitrogens with zero attached hydrogens (tertiary/aromatic N) is 1. The maximum absolute atomic E-state index is 5.92. The summed E-state index contributed by atoms with van der Waals surface area (Å²) in [5, 5.41) is 3.39. The molecule has 0 aromatic heterocycles. The van der Waals surface area contributed by atoms with E-state index in [0.29, 0.717) is 0 Å². The van der Waals surface area contributed by atoms with E-state index in [-0.39, 0.29) is 5.60 Å². The van der Waals surface area contributed by atoms with Crippen LogP contribution < -0.4 is 10.1 Å². The molecule has 0 unspecified atom stereocenters. The van der Waals surface area contributed by atoms with Crippen LogP contribution in [0.3, 0.4) is 0 Å². The van der Waals surface area contributed by atoms with Gasteiger partial charge in [-0.05, 0) is 31.0 Å². The Morgan fingerprint density at radius 3 is 2.83 bits per heavy atom. The van der Waals surface area contributed by atoms with Gasteiger partial charge in [-0.2, -0.15) is 0 Å². The molecular weight excluding hydrogens is 224 g/mol. The average molecular weight is 246 g/mol. The predicted octanol–water partition coefficient (Wildman–Crippen LogP) is 1.81. The van der Waals surface area contributed by atoms with E-state index in [2.05, 4.69) is 42.3 Å². The van der Waals surface area contributed by atoms with E-state index in [1.165, 1.54) is 11.1 Å². The van der Waals surface area contributed by atoms with Gasteiger partial charge in [0.25, 0.3) is 0 Å². The Bertz CT molecular complexity index is 436. The van der Waals surface area contributed by atoms with Crippen LogP contribution in [0.25, 0.3) is 0 Å². The van der Waals surface area contributed by atoms with Gasteiger partial charge in [0, 0.05) is 39.1 Å². The summed E-state index contributed by atoms with van der Waals surface area (Å²) in [6.07, 6.45) is 1.03. The molecule has 2 aliphatic rings. The van der Waals surface area contributed by atoms with Crippen LogP contribution in [-0.2, 0) is 13.0 Å². The lowest BCUT2D eigenvalue weighted by atomic mass is 10.00. The normalized spacial score (nSPS) is 22.6. The van der Waals surface area contributed by atoms with Crippen LogP contribution in [0.1, 0.15) is 25.0 Å². The zero-order valence-corrected chi connectivity index (χ0v) is 11.3. The molecule has 1 aromatic rings. The highest BCUT2D eigenvalue weighted by Crippen LogP contribution is 2.35. The van der Waals surface area contributed by atoms with E-state index in [1.54, 1.807) is 0 Å². The van der Waals surface area contributed by atoms with E-state index in [9.17, 15) is 0 Å². The molecule has 98 valence electrons. The monoisotopic (exact) mass is 246 g/mol. The molecule has 1 aromatic carbocycles. The van der Waals surface area contributed by atoms with Crippen molar-refractivity contribution in [3.8, 4) is 5.75 Å². The molecule has 3 nitrogen and oxygen atoms in total. The largest absolute Gasteiger partial charge is 0.487 e. The number of fused-ring (bicyclic) bond motifs is 1. The number of ether oxygens (including phenoxy) is 1. The van der Waals surface area contributed by atoms with Crippen LogP contribution in [0.5, 0.6) is 5.75 Å². The van der Waals surface area contributed by atoms with Crippen molar-refractivity contribution in [2.45, 2.75) is 32.4 Å². The summed E-state index contributed by atoms with van der Waals surface area (Å²) in [6.45, 7) is 9.90. The fourth-order valence-corrected chi connectivity index (χ4v) is 2.89. The molecule has 2 aliphatic heterocycles. The van der Waals surface area contributed by atoms with Gasteiger partial charge in [-0.25, -0.2) is 0 Å². The van der Waals surface area contributed by atoms with Crippen molar-refractivity contribution in [3.63, 3.8) is 0 Å². The molecule has 0 spiro atoms. The average Bonchev–Trinajstić information content (AvgIpc) is 2.63. The molecule has 1 saturated heterocycles. The fourth-order valence-electron chi connectivity index (χ4n) is 2.89. The molecule has 3 rings (SSSR count). The second-order valence-electron chi connectivity index (χ2n) is 6.01. The smallest absolute Gasteiger partial charge is 0.123 e. The van der Waals surface area contributed by atoms with E-state index >= 15 is 0 Å². The minimum Gasteiger partial charge on any atom is -0.487 e. The van der Waals surface area contributed by atoms with Crippen LogP contribution in [0.2, 0.25) is 0 Å². The Morgan fingerprint density at radius 2 is 2.06 bits per heavy atom. The molecule has 0 amide bonds. The Kier molecular flexibility index (Phi) is 3.04. The summed E-state index contributed by atoms with van der Waals surface area (Å²) in [5.41, 5.74) is 2.75. The predicted molar refractivity (Wildman–Crippen MR) is 73.0 cm³/mol. The van der Waals surface area contributed by atoms with Crippen molar-refractivity contribution in [1.29, 1.82) is 0 Å². The summed E-state index contributed by atoms with van der Waals surface area (Å²) >= 11 is 0. The van der Waals surface area contributed by atoms with Crippen LogP contribution in [0.15, 0.2) is 18.2 Å². The molecule has 0 bridgehead atoms. The van der Waals surface area contributed by atoms with Crippen molar-refractivity contribution in [2.75, 3.05) is 26.2 Å². The molecule has 18 heavy (non-hydrogen) atoms. The third-order valence-electron chi connectivity index (χ3n) is 3.74. The maximum Gasteiger partial charge on any atom is 0.123 e. The minimum absolute atomic E-state index is 0.0317. The number of piperazine rings is 1. The van der Waals surface area contributed by atoms with Gasteiger partial charge in [-0.3, -0.25) is 4.90 Å². The standard InChI is InChI=1S/C15H22N2O/c1-15(2)10-13-9-12(3-4-14(13)18-15)11-17-7-5-16-6-8-17/h3-4,9,16H,5-8,10-11H2,1-2H3. The number of hydrogen-bond donors (Lipinski definition) is 1. The molecule has 1 N–H and O–H groups in total. The number of benzene rings is 1. The zero-order chi connectivity index (χ0) is 12.6. The first-order valence-electron chi connectivity index (χ1n) is 6.86. The van der Waals surface area contributed by atoms with Crippen molar-refractivity contribution < 1.29 is 4.74 Å². The lowest BCUT2D eigenvalue weighted by Crippen LogP contribution is -2.42. The van der Waals surface area contributed by atoms with Gasteiger partial charge >= 0.3 is 0 Å². The SMILES string of the molecule is CC1(C)Cc2cc(CN3CCNCC3)ccc2O1. The van der Waals surface area contributed by atoms with E-state index in [0.717, 1.165) is 44.9 Å². The molecule has 2 heterocycles. The zero-order valence-electron chi connectivity index (χ0n) is 11.3. The van der Waals surface area contributed by atoms with E-state index < -0.39 is 0 Å². The van der Waals surface area contributed by atoms with Crippen molar-refractivity contribution in [3.05, 3.63) is 29.3 Å². The summed E-state index contributed by atoms with van der Waals surface area (Å²) < 4.78 is 5.92. The highest BCUT2D eigenvalue weighted by atomic mass is 16.5. The van der Waals surface area contributed by atoms with Gasteiger partial charge < -0.3 is 10.1 Å². The Morgan fingerprint density at radius 1 is 1.28 bits per heavy atom. The first-order valence-corrected chi connectivity index (χ1v) is 6.86. The van der Waals surface area contributed by atoms with Gasteiger partial charge in [0.2, 0.25) is 0 Å². The third-order valence-corrected chi connectivity index (χ3v) is 3.74. The summed E-state index contributed by atoms with van der Waals surface area (Å²) in [4.78, 5) is 2.51. The first-order chi connectivity index (χ1) is 8.62. The second-order valence-corrected chi connectivity index (χ2v) is 6.01. The quantitative estimate of drug-likeness (QED) is 0.861. The van der Waals surface area contributed by atoms with Crippen molar-refractivity contribution in [2.24, 2.45) is 0 Å². The highest BCUT2D eigenvalue weighted by Gasteiger charge is 2.29. The van der Waals surface area contributed by atoms with Crippen LogP contribution in [-0.4, -0.2) is 36.7 Å². The van der Waals surface area contributed by atoms with Crippen LogP contribution in [0, 0.1) is 0 Å². The van der Waals surface area contributed by atoms with Crippen molar-refractivity contribution >= 4 is 0 Å². The summed E-state index contributed by atoms with van der Waals surface area (Å²) in [5.74, 6) is 1.07. The summed E-state index contributed by atoms with van der Waals surface area (Å²) in [7, 11) is 0. The Hall–Kier alpha value is -1.06. The molecule has 0 saturated carbocycles. The molecule has 1 fully saturated rings. The second kappa shape index (κ2) is 4.56. The lowest BCUT2D eigenvalue weighted by Gasteiger charge is -2.27. The Balaban J connectivity index is 1.71. The van der Waals surface area contributed by atoms with E-state index in [4.69, 9.17) is 4.74 Å². The third kappa shape index (κ3) is 2.52. The highest BCUT2D eigenvalue weighted by molar-refractivity contribution is 5.41. The van der Waals surface area contributed by atoms with Gasteiger partial charge in [-0.1, -0.05) is 12.1 Å². The number of nitrogens with one attached hydrogen (secondary N) is 1. The number of hydrogen-bond acceptors (Lipinski definition) is 3. The van der Waals surface area contributed by atoms with Crippen LogP contribution >= 0.6 is 0 Å². The lowest BCUT2D eigenvalue weighted by molar-refractivity contribution is 0.138. The summed E-state index contributed by atoms with van der Waals surface area (Å²) in [6, 6.07) is 6.68. The first kappa shape index (κ1) is 12.0. The Labute approximate surface area is 109 Å². The van der Waals surface area contributed by atoms with Crippen molar-refractivity contribution in [1.82, 2.24) is 10.2 Å². The topological polar surface area (TPSA) is 24.5 Å². The molecule has 0 radical (unpaired) electrons. The van der Waals surface area contributed by atoms with Gasteiger partial charge in [0.15, 0.2) is 0 Å². The fraction of sp³-hybridized carbons (Fsp3) is 0.600. The molecule has 0 atom stereocenters. The molecule has 0 aliphatic carbocycles.